The molecule has 0 aliphatic heterocycles. The van der Waals surface area contributed by atoms with Gasteiger partial charge in [0.15, 0.2) is 0 Å². The minimum Gasteiger partial charge on any atom is -0.497 e. The Morgan fingerprint density at radius 1 is 1.03 bits per heavy atom. The summed E-state index contributed by atoms with van der Waals surface area (Å²) in [6.07, 6.45) is 1.47. The summed E-state index contributed by atoms with van der Waals surface area (Å²) in [6.45, 7) is 0.220. The minimum absolute atomic E-state index is 0.0190. The summed E-state index contributed by atoms with van der Waals surface area (Å²) in [7, 11) is 2.99. The number of carbonyl (C=O) groups is 1. The second kappa shape index (κ2) is 10.6. The van der Waals surface area contributed by atoms with E-state index in [0.717, 1.165) is 5.56 Å². The summed E-state index contributed by atoms with van der Waals surface area (Å²) in [5.41, 5.74) is 4.23. The quantitative estimate of drug-likeness (QED) is 0.309. The van der Waals surface area contributed by atoms with Gasteiger partial charge in [-0.25, -0.2) is 5.43 Å². The maximum atomic E-state index is 12.5. The SMILES string of the molecule is COc1ccc(C(=O)NN=Cc2ccccc2OCc2ccc([N+](=O)[O-])cc2)c(OC)c1. The number of nitro benzene ring substituents is 1. The van der Waals surface area contributed by atoms with Gasteiger partial charge in [-0.3, -0.25) is 14.9 Å². The van der Waals surface area contributed by atoms with E-state index in [-0.39, 0.29) is 12.3 Å². The molecular weight excluding hydrogens is 414 g/mol. The molecule has 9 heteroatoms. The van der Waals surface area contributed by atoms with Crippen molar-refractivity contribution in [2.75, 3.05) is 14.2 Å². The maximum absolute atomic E-state index is 12.5. The van der Waals surface area contributed by atoms with E-state index in [1.807, 2.05) is 12.1 Å². The number of rotatable bonds is 9. The highest BCUT2D eigenvalue weighted by molar-refractivity contribution is 5.97. The monoisotopic (exact) mass is 435 g/mol. The van der Waals surface area contributed by atoms with E-state index < -0.39 is 10.8 Å². The summed E-state index contributed by atoms with van der Waals surface area (Å²) in [5.74, 6) is 1.04. The first-order valence-electron chi connectivity index (χ1n) is 9.52. The van der Waals surface area contributed by atoms with Crippen molar-refractivity contribution in [3.05, 3.63) is 93.5 Å². The molecular formula is C23H21N3O6. The topological polar surface area (TPSA) is 112 Å². The van der Waals surface area contributed by atoms with Crippen LogP contribution in [0.4, 0.5) is 5.69 Å². The van der Waals surface area contributed by atoms with Crippen molar-refractivity contribution in [2.45, 2.75) is 6.61 Å². The third-order valence-corrected chi connectivity index (χ3v) is 4.48. The van der Waals surface area contributed by atoms with Crippen molar-refractivity contribution in [1.82, 2.24) is 5.43 Å². The van der Waals surface area contributed by atoms with Gasteiger partial charge in [-0.1, -0.05) is 12.1 Å². The number of methoxy groups -OCH3 is 2. The fourth-order valence-corrected chi connectivity index (χ4v) is 2.80. The Kier molecular flexibility index (Phi) is 7.37. The molecule has 0 radical (unpaired) electrons. The zero-order chi connectivity index (χ0) is 22.9. The molecule has 0 fully saturated rings. The minimum atomic E-state index is -0.452. The molecule has 0 saturated carbocycles. The Morgan fingerprint density at radius 2 is 1.78 bits per heavy atom. The number of hydrogen-bond donors (Lipinski definition) is 1. The van der Waals surface area contributed by atoms with Gasteiger partial charge in [0.25, 0.3) is 11.6 Å². The van der Waals surface area contributed by atoms with Crippen molar-refractivity contribution >= 4 is 17.8 Å². The van der Waals surface area contributed by atoms with Crippen LogP contribution in [0.15, 0.2) is 71.8 Å². The predicted molar refractivity (Wildman–Crippen MR) is 118 cm³/mol. The van der Waals surface area contributed by atoms with E-state index in [0.29, 0.717) is 28.4 Å². The molecule has 1 amide bonds. The Morgan fingerprint density at radius 3 is 2.47 bits per heavy atom. The van der Waals surface area contributed by atoms with Crippen LogP contribution in [0.5, 0.6) is 17.2 Å². The molecule has 3 rings (SSSR count). The standard InChI is InChI=1S/C23H21N3O6/c1-30-19-11-12-20(22(13-19)31-2)23(27)25-24-14-17-5-3-4-6-21(17)32-15-16-7-9-18(10-8-16)26(28)29/h3-14H,15H2,1-2H3,(H,25,27). The molecule has 0 saturated heterocycles. The van der Waals surface area contributed by atoms with Crippen molar-refractivity contribution in [2.24, 2.45) is 5.10 Å². The van der Waals surface area contributed by atoms with Crippen LogP contribution in [-0.4, -0.2) is 31.3 Å². The fourth-order valence-electron chi connectivity index (χ4n) is 2.80. The lowest BCUT2D eigenvalue weighted by Crippen LogP contribution is -2.18. The highest BCUT2D eigenvalue weighted by atomic mass is 16.6. The second-order valence-corrected chi connectivity index (χ2v) is 6.52. The highest BCUT2D eigenvalue weighted by Crippen LogP contribution is 2.24. The van der Waals surface area contributed by atoms with Gasteiger partial charge in [-0.2, -0.15) is 5.10 Å². The zero-order valence-corrected chi connectivity index (χ0v) is 17.5. The number of ether oxygens (including phenoxy) is 3. The Hall–Kier alpha value is -4.40. The van der Waals surface area contributed by atoms with E-state index in [1.165, 1.54) is 32.6 Å². The first-order valence-corrected chi connectivity index (χ1v) is 9.52. The van der Waals surface area contributed by atoms with Crippen LogP contribution >= 0.6 is 0 Å². The van der Waals surface area contributed by atoms with E-state index >= 15 is 0 Å². The van der Waals surface area contributed by atoms with Gasteiger partial charge < -0.3 is 14.2 Å². The molecule has 0 aliphatic rings. The van der Waals surface area contributed by atoms with Gasteiger partial charge in [0, 0.05) is 23.8 Å². The summed E-state index contributed by atoms with van der Waals surface area (Å²) >= 11 is 0. The molecule has 0 bridgehead atoms. The van der Waals surface area contributed by atoms with Crippen LogP contribution in [0.2, 0.25) is 0 Å². The van der Waals surface area contributed by atoms with E-state index in [2.05, 4.69) is 10.5 Å². The first-order chi connectivity index (χ1) is 15.5. The van der Waals surface area contributed by atoms with E-state index in [4.69, 9.17) is 14.2 Å². The number of hydrazone groups is 1. The number of amides is 1. The molecule has 0 unspecified atom stereocenters. The van der Waals surface area contributed by atoms with Crippen LogP contribution < -0.4 is 19.6 Å². The van der Waals surface area contributed by atoms with Gasteiger partial charge >= 0.3 is 0 Å². The molecule has 3 aromatic rings. The zero-order valence-electron chi connectivity index (χ0n) is 17.5. The third kappa shape index (κ3) is 5.60. The summed E-state index contributed by atoms with van der Waals surface area (Å²) in [4.78, 5) is 22.8. The molecule has 32 heavy (non-hydrogen) atoms. The molecule has 1 N–H and O–H groups in total. The molecule has 0 aliphatic carbocycles. The van der Waals surface area contributed by atoms with Crippen LogP contribution in [0, 0.1) is 10.1 Å². The molecule has 9 nitrogen and oxygen atoms in total. The number of para-hydroxylation sites is 1. The average Bonchev–Trinajstić information content (AvgIpc) is 2.83. The predicted octanol–water partition coefficient (Wildman–Crippen LogP) is 3.95. The fraction of sp³-hybridized carbons (Fsp3) is 0.130. The number of nitrogens with zero attached hydrogens (tertiary/aromatic N) is 2. The van der Waals surface area contributed by atoms with Gasteiger partial charge in [0.1, 0.15) is 23.9 Å². The van der Waals surface area contributed by atoms with Crippen LogP contribution in [0.3, 0.4) is 0 Å². The lowest BCUT2D eigenvalue weighted by atomic mass is 10.2. The number of nitrogens with one attached hydrogen (secondary N) is 1. The Balaban J connectivity index is 1.65. The van der Waals surface area contributed by atoms with Gasteiger partial charge in [-0.15, -0.1) is 0 Å². The summed E-state index contributed by atoms with van der Waals surface area (Å²) in [5, 5.41) is 14.8. The number of nitro groups is 1. The molecule has 0 heterocycles. The number of carbonyl (C=O) groups excluding carboxylic acids is 1. The van der Waals surface area contributed by atoms with Gasteiger partial charge in [0.05, 0.1) is 30.9 Å². The lowest BCUT2D eigenvalue weighted by Gasteiger charge is -2.10. The van der Waals surface area contributed by atoms with Crippen LogP contribution in [-0.2, 0) is 6.61 Å². The van der Waals surface area contributed by atoms with Crippen molar-refractivity contribution in [1.29, 1.82) is 0 Å². The van der Waals surface area contributed by atoms with Crippen LogP contribution in [0.25, 0.3) is 0 Å². The number of non-ortho nitro benzene ring substituents is 1. The summed E-state index contributed by atoms with van der Waals surface area (Å²) < 4.78 is 16.2. The normalized spacial score (nSPS) is 10.6. The highest BCUT2D eigenvalue weighted by Gasteiger charge is 2.13. The maximum Gasteiger partial charge on any atom is 0.275 e. The Bertz CT molecular complexity index is 1130. The third-order valence-electron chi connectivity index (χ3n) is 4.48. The van der Waals surface area contributed by atoms with Crippen molar-refractivity contribution < 1.29 is 23.9 Å². The van der Waals surface area contributed by atoms with Crippen molar-refractivity contribution in [3.63, 3.8) is 0 Å². The largest absolute Gasteiger partial charge is 0.497 e. The molecule has 0 aromatic heterocycles. The number of hydrogen-bond acceptors (Lipinski definition) is 7. The smallest absolute Gasteiger partial charge is 0.275 e. The molecule has 0 atom stereocenters. The lowest BCUT2D eigenvalue weighted by molar-refractivity contribution is -0.384. The number of benzene rings is 3. The van der Waals surface area contributed by atoms with Crippen molar-refractivity contribution in [3.8, 4) is 17.2 Å². The molecule has 164 valence electrons. The van der Waals surface area contributed by atoms with Gasteiger partial charge in [-0.05, 0) is 42.0 Å². The summed E-state index contributed by atoms with van der Waals surface area (Å²) in [6, 6.07) is 18.2. The van der Waals surface area contributed by atoms with E-state index in [1.54, 1.807) is 42.5 Å². The average molecular weight is 435 g/mol. The first kappa shape index (κ1) is 22.3. The van der Waals surface area contributed by atoms with Crippen LogP contribution in [0.1, 0.15) is 21.5 Å². The van der Waals surface area contributed by atoms with E-state index in [9.17, 15) is 14.9 Å². The van der Waals surface area contributed by atoms with Gasteiger partial charge in [0.2, 0.25) is 0 Å². The Labute approximate surface area is 184 Å². The molecule has 3 aromatic carbocycles. The molecule has 0 spiro atoms. The second-order valence-electron chi connectivity index (χ2n) is 6.52.